The van der Waals surface area contributed by atoms with Crippen molar-refractivity contribution < 1.29 is 0 Å². The zero-order valence-corrected chi connectivity index (χ0v) is 46.9. The van der Waals surface area contributed by atoms with Gasteiger partial charge in [0.15, 0.2) is 17.5 Å². The minimum Gasteiger partial charge on any atom is -0.309 e. The number of hydrogen-bond acceptors (Lipinski definition) is 8. The Balaban J connectivity index is 0.995. The lowest BCUT2D eigenvalue weighted by Crippen LogP contribution is -2.03. The van der Waals surface area contributed by atoms with Gasteiger partial charge in [-0.05, 0) is 148 Å². The minimum absolute atomic E-state index is 0.477. The van der Waals surface area contributed by atoms with Crippen LogP contribution >= 0.6 is 0 Å². The van der Waals surface area contributed by atoms with E-state index in [1.807, 2.05) is 170 Å². The van der Waals surface area contributed by atoms with Gasteiger partial charge in [0, 0.05) is 55.7 Å². The summed E-state index contributed by atoms with van der Waals surface area (Å²) >= 11 is 0. The lowest BCUT2D eigenvalue weighted by molar-refractivity contribution is 1.07. The summed E-state index contributed by atoms with van der Waals surface area (Å²) in [6.45, 7) is 0. The summed E-state index contributed by atoms with van der Waals surface area (Å²) in [6.07, 6.45) is 1.85. The standard InChI is InChI=1S/C78H44N10/c79-45-56-19-7-11-23-61(56)51-27-32-71-65(39-51)66-40-52(62-24-12-8-20-57(62)46-80)28-33-72(66)87(71)60-37-38-83-70(44-60)69-43-55(78-85-76(49-15-3-1-4-16-49)84-77(86-78)50-17-5-2-6-18-50)31-36-75(69)88-73-34-29-53(63-25-13-9-21-58(63)47-81)41-67(73)68-42-54(30-35-74(68)88)64-26-14-10-22-59(64)48-82/h1-44H. The van der Waals surface area contributed by atoms with Crippen LogP contribution in [0.15, 0.2) is 267 Å². The second-order valence-electron chi connectivity index (χ2n) is 21.4. The Bertz CT molecular complexity index is 5230. The van der Waals surface area contributed by atoms with E-state index in [9.17, 15) is 21.0 Å². The van der Waals surface area contributed by atoms with Gasteiger partial charge in [-0.1, -0.05) is 158 Å². The predicted molar refractivity (Wildman–Crippen MR) is 349 cm³/mol. The van der Waals surface area contributed by atoms with Crippen molar-refractivity contribution in [1.82, 2.24) is 29.1 Å². The second-order valence-corrected chi connectivity index (χ2v) is 21.4. The highest BCUT2D eigenvalue weighted by atomic mass is 15.0. The Kier molecular flexibility index (Phi) is 12.8. The monoisotopic (exact) mass is 1120 g/mol. The van der Waals surface area contributed by atoms with Gasteiger partial charge in [-0.25, -0.2) is 15.0 Å². The molecule has 4 aromatic heterocycles. The van der Waals surface area contributed by atoms with Crippen LogP contribution in [0, 0.1) is 45.3 Å². The van der Waals surface area contributed by atoms with Gasteiger partial charge < -0.3 is 9.13 Å². The third-order valence-corrected chi connectivity index (χ3v) is 16.4. The average Bonchev–Trinajstić information content (AvgIpc) is 1.64. The van der Waals surface area contributed by atoms with Gasteiger partial charge in [0.1, 0.15) is 0 Å². The number of fused-ring (bicyclic) bond motifs is 6. The van der Waals surface area contributed by atoms with E-state index in [0.717, 1.165) is 122 Å². The molecular weight excluding hydrogens is 1080 g/mol. The molecule has 0 aliphatic rings. The molecule has 0 fully saturated rings. The van der Waals surface area contributed by atoms with Crippen LogP contribution in [0.1, 0.15) is 22.3 Å². The number of nitrogens with zero attached hydrogens (tertiary/aromatic N) is 10. The third kappa shape index (κ3) is 8.96. The molecule has 0 aliphatic carbocycles. The fraction of sp³-hybridized carbons (Fsp3) is 0. The van der Waals surface area contributed by atoms with Gasteiger partial charge in [-0.3, -0.25) is 4.98 Å². The quantitative estimate of drug-likeness (QED) is 0.131. The van der Waals surface area contributed by atoms with E-state index in [-0.39, 0.29) is 0 Å². The summed E-state index contributed by atoms with van der Waals surface area (Å²) < 4.78 is 4.53. The summed E-state index contributed by atoms with van der Waals surface area (Å²) in [5, 5.41) is 45.0. The van der Waals surface area contributed by atoms with E-state index in [1.54, 1.807) is 0 Å². The maximum Gasteiger partial charge on any atom is 0.164 e. The van der Waals surface area contributed by atoms with E-state index in [1.165, 1.54) is 0 Å². The van der Waals surface area contributed by atoms with Crippen molar-refractivity contribution in [2.24, 2.45) is 0 Å². The van der Waals surface area contributed by atoms with E-state index in [0.29, 0.717) is 45.4 Å². The molecule has 88 heavy (non-hydrogen) atoms. The molecule has 0 atom stereocenters. The molecule has 0 aliphatic heterocycles. The van der Waals surface area contributed by atoms with Crippen LogP contribution in [-0.4, -0.2) is 29.1 Å². The number of benzene rings is 11. The molecular formula is C78H44N10. The first-order chi connectivity index (χ1) is 43.4. The largest absolute Gasteiger partial charge is 0.309 e. The Morgan fingerprint density at radius 2 is 0.614 bits per heavy atom. The Labute approximate surface area is 505 Å². The van der Waals surface area contributed by atoms with Gasteiger partial charge in [0.05, 0.1) is 80.0 Å². The van der Waals surface area contributed by atoms with Crippen molar-refractivity contribution in [1.29, 1.82) is 21.0 Å². The fourth-order valence-electron chi connectivity index (χ4n) is 12.3. The summed E-state index contributed by atoms with van der Waals surface area (Å²) in [4.78, 5) is 20.7. The number of rotatable bonds is 10. The normalized spacial score (nSPS) is 11.1. The predicted octanol–water partition coefficient (Wildman–Crippen LogP) is 18.3. The van der Waals surface area contributed by atoms with Crippen LogP contribution in [-0.2, 0) is 0 Å². The van der Waals surface area contributed by atoms with Crippen molar-refractivity contribution in [3.8, 4) is 126 Å². The molecule has 0 unspecified atom stereocenters. The summed E-state index contributed by atoms with van der Waals surface area (Å²) in [6, 6.07) is 95.9. The van der Waals surface area contributed by atoms with E-state index in [4.69, 9.17) is 19.9 Å². The first-order valence-corrected chi connectivity index (χ1v) is 28.6. The topological polar surface area (TPSA) is 157 Å². The van der Waals surface area contributed by atoms with E-state index >= 15 is 0 Å². The van der Waals surface area contributed by atoms with Crippen LogP contribution in [0.5, 0.6) is 0 Å². The number of nitriles is 4. The van der Waals surface area contributed by atoms with Crippen LogP contribution in [0.3, 0.4) is 0 Å². The van der Waals surface area contributed by atoms with Gasteiger partial charge in [0.25, 0.3) is 0 Å². The smallest absolute Gasteiger partial charge is 0.164 e. The molecule has 0 radical (unpaired) electrons. The zero-order valence-electron chi connectivity index (χ0n) is 46.9. The van der Waals surface area contributed by atoms with Crippen LogP contribution in [0.4, 0.5) is 0 Å². The van der Waals surface area contributed by atoms with Crippen molar-refractivity contribution in [3.05, 3.63) is 289 Å². The molecule has 0 bridgehead atoms. The van der Waals surface area contributed by atoms with Crippen LogP contribution in [0.2, 0.25) is 0 Å². The van der Waals surface area contributed by atoms with Crippen LogP contribution < -0.4 is 0 Å². The second kappa shape index (κ2) is 21.7. The van der Waals surface area contributed by atoms with Crippen molar-refractivity contribution in [2.45, 2.75) is 0 Å². The van der Waals surface area contributed by atoms with Gasteiger partial charge >= 0.3 is 0 Å². The summed E-state index contributed by atoms with van der Waals surface area (Å²) in [5.74, 6) is 1.54. The molecule has 0 saturated heterocycles. The number of aromatic nitrogens is 6. The highest BCUT2D eigenvalue weighted by Crippen LogP contribution is 2.44. The molecule has 0 N–H and O–H groups in total. The molecule has 15 aromatic rings. The lowest BCUT2D eigenvalue weighted by atomic mass is 9.96. The fourth-order valence-corrected chi connectivity index (χ4v) is 12.3. The van der Waals surface area contributed by atoms with Crippen LogP contribution in [0.25, 0.3) is 145 Å². The SMILES string of the molecule is N#Cc1ccccc1-c1ccc2c(c1)c1cc(-c3ccccc3C#N)ccc1n2-c1ccnc(-c2cc(-c3nc(-c4ccccc4)nc(-c4ccccc4)n3)ccc2-n2c3ccc(-c4ccccc4C#N)cc3c3cc(-c4ccccc4C#N)ccc32)c1. The Morgan fingerprint density at radius 1 is 0.273 bits per heavy atom. The molecule has 0 amide bonds. The van der Waals surface area contributed by atoms with Crippen molar-refractivity contribution in [3.63, 3.8) is 0 Å². The first-order valence-electron chi connectivity index (χ1n) is 28.6. The molecule has 15 rings (SSSR count). The molecule has 0 saturated carbocycles. The van der Waals surface area contributed by atoms with E-state index < -0.39 is 0 Å². The molecule has 0 spiro atoms. The number of hydrogen-bond donors (Lipinski definition) is 0. The molecule has 4 heterocycles. The maximum absolute atomic E-state index is 10.3. The molecule has 11 aromatic carbocycles. The van der Waals surface area contributed by atoms with Gasteiger partial charge in [0.2, 0.25) is 0 Å². The number of pyridine rings is 1. The highest BCUT2D eigenvalue weighted by molar-refractivity contribution is 6.14. The third-order valence-electron chi connectivity index (χ3n) is 16.4. The molecule has 10 heteroatoms. The van der Waals surface area contributed by atoms with E-state index in [2.05, 4.69) is 130 Å². The minimum atomic E-state index is 0.477. The van der Waals surface area contributed by atoms with Gasteiger partial charge in [-0.2, -0.15) is 21.0 Å². The Hall–Kier alpha value is -12.9. The lowest BCUT2D eigenvalue weighted by Gasteiger charge is -2.17. The van der Waals surface area contributed by atoms with Gasteiger partial charge in [-0.15, -0.1) is 0 Å². The maximum atomic E-state index is 10.3. The Morgan fingerprint density at radius 3 is 1.00 bits per heavy atom. The zero-order chi connectivity index (χ0) is 59.2. The summed E-state index contributed by atoms with van der Waals surface area (Å²) in [5.41, 5.74) is 18.4. The molecule has 10 nitrogen and oxygen atoms in total. The summed E-state index contributed by atoms with van der Waals surface area (Å²) in [7, 11) is 0. The van der Waals surface area contributed by atoms with Crippen molar-refractivity contribution >= 4 is 43.6 Å². The average molecular weight is 1120 g/mol. The molecule has 406 valence electrons. The first kappa shape index (κ1) is 52.0. The van der Waals surface area contributed by atoms with Crippen molar-refractivity contribution in [2.75, 3.05) is 0 Å². The highest BCUT2D eigenvalue weighted by Gasteiger charge is 2.23.